The lowest BCUT2D eigenvalue weighted by Gasteiger charge is -2.32. The summed E-state index contributed by atoms with van der Waals surface area (Å²) in [5.74, 6) is 0.0159. The third-order valence-corrected chi connectivity index (χ3v) is 2.71. The first-order valence-electron chi connectivity index (χ1n) is 5.30. The number of nitrogens with zero attached hydrogens (tertiary/aromatic N) is 2. The second kappa shape index (κ2) is 4.79. The minimum atomic E-state index is 0.0159. The van der Waals surface area contributed by atoms with Crippen LogP contribution in [0.1, 0.15) is 5.56 Å². The molecule has 0 radical (unpaired) electrons. The molecule has 0 aromatic heterocycles. The molecular formula is C12H14N2O2. The molecular weight excluding hydrogens is 204 g/mol. The number of hydrogen-bond donors (Lipinski definition) is 0. The van der Waals surface area contributed by atoms with E-state index in [0.29, 0.717) is 19.6 Å². The first-order valence-corrected chi connectivity index (χ1v) is 5.30. The van der Waals surface area contributed by atoms with Crippen molar-refractivity contribution in [2.24, 2.45) is 0 Å². The van der Waals surface area contributed by atoms with Crippen LogP contribution < -0.4 is 0 Å². The average Bonchev–Trinajstić information content (AvgIpc) is 2.33. The highest BCUT2D eigenvalue weighted by atomic mass is 16.2. The zero-order valence-electron chi connectivity index (χ0n) is 9.00. The van der Waals surface area contributed by atoms with Crippen LogP contribution in [0.15, 0.2) is 30.3 Å². The van der Waals surface area contributed by atoms with Gasteiger partial charge in [-0.25, -0.2) is 0 Å². The molecule has 0 spiro atoms. The van der Waals surface area contributed by atoms with E-state index in [-0.39, 0.29) is 12.5 Å². The van der Waals surface area contributed by atoms with Crippen molar-refractivity contribution in [1.29, 1.82) is 0 Å². The normalized spacial score (nSPS) is 16.4. The molecule has 0 atom stereocenters. The molecule has 1 aromatic rings. The van der Waals surface area contributed by atoms with Crippen LogP contribution in [0, 0.1) is 0 Å². The van der Waals surface area contributed by atoms with Gasteiger partial charge in [0.2, 0.25) is 12.3 Å². The van der Waals surface area contributed by atoms with Crippen LogP contribution >= 0.6 is 0 Å². The summed E-state index contributed by atoms with van der Waals surface area (Å²) in [4.78, 5) is 25.5. The van der Waals surface area contributed by atoms with E-state index in [4.69, 9.17) is 0 Å². The Morgan fingerprint density at radius 3 is 2.56 bits per heavy atom. The lowest BCUT2D eigenvalue weighted by Crippen LogP contribution is -2.49. The summed E-state index contributed by atoms with van der Waals surface area (Å²) in [5, 5.41) is 0. The van der Waals surface area contributed by atoms with E-state index in [9.17, 15) is 9.59 Å². The van der Waals surface area contributed by atoms with Crippen LogP contribution in [0.2, 0.25) is 0 Å². The fraction of sp³-hybridized carbons (Fsp3) is 0.333. The molecule has 1 fully saturated rings. The van der Waals surface area contributed by atoms with Gasteiger partial charge in [0.25, 0.3) is 0 Å². The van der Waals surface area contributed by atoms with Gasteiger partial charge in [0.15, 0.2) is 0 Å². The van der Waals surface area contributed by atoms with Gasteiger partial charge < -0.3 is 9.80 Å². The fourth-order valence-corrected chi connectivity index (χ4v) is 1.79. The topological polar surface area (TPSA) is 40.6 Å². The van der Waals surface area contributed by atoms with Crippen molar-refractivity contribution in [3.63, 3.8) is 0 Å². The van der Waals surface area contributed by atoms with Gasteiger partial charge in [-0.1, -0.05) is 30.3 Å². The van der Waals surface area contributed by atoms with Crippen LogP contribution in [-0.4, -0.2) is 41.8 Å². The Morgan fingerprint density at radius 1 is 1.19 bits per heavy atom. The maximum atomic E-state index is 11.7. The number of amides is 2. The molecule has 1 aromatic carbocycles. The monoisotopic (exact) mass is 218 g/mol. The molecule has 16 heavy (non-hydrogen) atoms. The van der Waals surface area contributed by atoms with E-state index in [0.717, 1.165) is 12.0 Å². The maximum Gasteiger partial charge on any atom is 0.242 e. The fourth-order valence-electron chi connectivity index (χ4n) is 1.79. The third-order valence-electron chi connectivity index (χ3n) is 2.71. The van der Waals surface area contributed by atoms with Crippen LogP contribution in [-0.2, 0) is 16.1 Å². The number of carbonyl (C=O) groups is 2. The van der Waals surface area contributed by atoms with Gasteiger partial charge in [-0.05, 0) is 5.56 Å². The van der Waals surface area contributed by atoms with Crippen molar-refractivity contribution >= 4 is 12.3 Å². The van der Waals surface area contributed by atoms with E-state index >= 15 is 0 Å². The van der Waals surface area contributed by atoms with E-state index in [1.165, 1.54) is 4.90 Å². The minimum absolute atomic E-state index is 0.0159. The number of benzene rings is 1. The van der Waals surface area contributed by atoms with Crippen molar-refractivity contribution in [3.8, 4) is 0 Å². The van der Waals surface area contributed by atoms with Gasteiger partial charge in [-0.2, -0.15) is 0 Å². The Morgan fingerprint density at radius 2 is 1.94 bits per heavy atom. The van der Waals surface area contributed by atoms with Crippen LogP contribution in [0.4, 0.5) is 0 Å². The Kier molecular flexibility index (Phi) is 3.19. The summed E-state index contributed by atoms with van der Waals surface area (Å²) in [7, 11) is 0. The molecule has 0 saturated carbocycles. The van der Waals surface area contributed by atoms with Gasteiger partial charge in [0, 0.05) is 19.6 Å². The van der Waals surface area contributed by atoms with Crippen molar-refractivity contribution < 1.29 is 9.59 Å². The second-order valence-corrected chi connectivity index (χ2v) is 3.88. The van der Waals surface area contributed by atoms with Gasteiger partial charge >= 0.3 is 0 Å². The summed E-state index contributed by atoms with van der Waals surface area (Å²) in [6.07, 6.45) is 0.734. The Hall–Kier alpha value is -1.84. The predicted molar refractivity (Wildman–Crippen MR) is 59.5 cm³/mol. The maximum absolute atomic E-state index is 11.7. The van der Waals surface area contributed by atoms with E-state index in [2.05, 4.69) is 0 Å². The molecule has 1 heterocycles. The highest BCUT2D eigenvalue weighted by Crippen LogP contribution is 2.08. The molecule has 2 amide bonds. The molecule has 4 nitrogen and oxygen atoms in total. The van der Waals surface area contributed by atoms with Crippen molar-refractivity contribution in [2.45, 2.75) is 6.54 Å². The van der Waals surface area contributed by atoms with Crippen molar-refractivity contribution in [3.05, 3.63) is 35.9 Å². The van der Waals surface area contributed by atoms with Crippen molar-refractivity contribution in [1.82, 2.24) is 9.80 Å². The highest BCUT2D eigenvalue weighted by Gasteiger charge is 2.22. The summed E-state index contributed by atoms with van der Waals surface area (Å²) >= 11 is 0. The second-order valence-electron chi connectivity index (χ2n) is 3.88. The van der Waals surface area contributed by atoms with Crippen LogP contribution in [0.5, 0.6) is 0 Å². The Labute approximate surface area is 94.5 Å². The highest BCUT2D eigenvalue weighted by molar-refractivity contribution is 5.81. The summed E-state index contributed by atoms with van der Waals surface area (Å²) in [5.41, 5.74) is 1.12. The number of carbonyl (C=O) groups excluding carboxylic acids is 2. The first kappa shape index (κ1) is 10.7. The molecule has 4 heteroatoms. The van der Waals surface area contributed by atoms with E-state index < -0.39 is 0 Å². The minimum Gasteiger partial charge on any atom is -0.335 e. The third kappa shape index (κ3) is 2.39. The molecule has 1 saturated heterocycles. The standard InChI is InChI=1S/C12H14N2O2/c15-10-13-6-7-14(12(16)9-13)8-11-4-2-1-3-5-11/h1-5,10H,6-9H2. The van der Waals surface area contributed by atoms with Crippen molar-refractivity contribution in [2.75, 3.05) is 19.6 Å². The SMILES string of the molecule is O=CN1CCN(Cc2ccccc2)C(=O)C1. The quantitative estimate of drug-likeness (QED) is 0.693. The number of hydrogen-bond acceptors (Lipinski definition) is 2. The summed E-state index contributed by atoms with van der Waals surface area (Å²) in [6.45, 7) is 2.08. The summed E-state index contributed by atoms with van der Waals surface area (Å²) < 4.78 is 0. The van der Waals surface area contributed by atoms with E-state index in [1.54, 1.807) is 4.90 Å². The molecule has 1 aliphatic heterocycles. The smallest absolute Gasteiger partial charge is 0.242 e. The Bertz CT molecular complexity index is 378. The lowest BCUT2D eigenvalue weighted by molar-refractivity contribution is -0.140. The van der Waals surface area contributed by atoms with Gasteiger partial charge in [-0.15, -0.1) is 0 Å². The van der Waals surface area contributed by atoms with Crippen LogP contribution in [0.25, 0.3) is 0 Å². The molecule has 2 rings (SSSR count). The van der Waals surface area contributed by atoms with E-state index in [1.807, 2.05) is 30.3 Å². The lowest BCUT2D eigenvalue weighted by atomic mass is 10.2. The largest absolute Gasteiger partial charge is 0.335 e. The molecule has 0 bridgehead atoms. The Balaban J connectivity index is 1.97. The average molecular weight is 218 g/mol. The number of rotatable bonds is 3. The molecule has 0 unspecified atom stereocenters. The van der Waals surface area contributed by atoms with Gasteiger partial charge in [-0.3, -0.25) is 9.59 Å². The molecule has 1 aliphatic rings. The van der Waals surface area contributed by atoms with Crippen LogP contribution in [0.3, 0.4) is 0 Å². The zero-order valence-corrected chi connectivity index (χ0v) is 9.00. The number of piperazine rings is 1. The zero-order chi connectivity index (χ0) is 11.4. The first-order chi connectivity index (χ1) is 7.79. The van der Waals surface area contributed by atoms with Gasteiger partial charge in [0.05, 0.1) is 6.54 Å². The molecule has 84 valence electrons. The molecule has 0 N–H and O–H groups in total. The predicted octanol–water partition coefficient (Wildman–Crippen LogP) is 0.487. The molecule has 0 aliphatic carbocycles. The summed E-state index contributed by atoms with van der Waals surface area (Å²) in [6, 6.07) is 9.87. The van der Waals surface area contributed by atoms with Gasteiger partial charge in [0.1, 0.15) is 0 Å².